The van der Waals surface area contributed by atoms with Gasteiger partial charge in [0, 0.05) is 30.2 Å². The minimum Gasteiger partial charge on any atom is -0.493 e. The Kier molecular flexibility index (Phi) is 5.52. The lowest BCUT2D eigenvalue weighted by Crippen LogP contribution is -2.33. The normalized spacial score (nSPS) is 18.7. The van der Waals surface area contributed by atoms with E-state index in [1.807, 2.05) is 24.3 Å². The minimum atomic E-state index is -0.432. The summed E-state index contributed by atoms with van der Waals surface area (Å²) >= 11 is 3.53. The van der Waals surface area contributed by atoms with Gasteiger partial charge in [0.25, 0.3) is 0 Å². The molecule has 0 fully saturated rings. The first-order valence-corrected chi connectivity index (χ1v) is 12.1. The van der Waals surface area contributed by atoms with Crippen molar-refractivity contribution in [2.45, 2.75) is 39.7 Å². The van der Waals surface area contributed by atoms with Gasteiger partial charge in [-0.15, -0.1) is 0 Å². The predicted molar refractivity (Wildman–Crippen MR) is 137 cm³/mol. The summed E-state index contributed by atoms with van der Waals surface area (Å²) in [5, 5.41) is 5.94. The number of carbonyl (C=O) groups excluding carboxylic acids is 2. The second-order valence-electron chi connectivity index (χ2n) is 9.75. The van der Waals surface area contributed by atoms with Gasteiger partial charge in [-0.25, -0.2) is 0 Å². The molecule has 1 heterocycles. The van der Waals surface area contributed by atoms with Crippen molar-refractivity contribution >= 4 is 49.7 Å². The molecule has 5 rings (SSSR count). The zero-order valence-electron chi connectivity index (χ0n) is 19.6. The topological polar surface area (TPSA) is 64.6 Å². The Morgan fingerprint density at radius 3 is 2.62 bits per heavy atom. The molecule has 0 saturated heterocycles. The fourth-order valence-electron chi connectivity index (χ4n) is 5.24. The van der Waals surface area contributed by atoms with Crippen molar-refractivity contribution in [3.63, 3.8) is 0 Å². The van der Waals surface area contributed by atoms with Crippen LogP contribution in [0, 0.1) is 5.41 Å². The largest absolute Gasteiger partial charge is 0.493 e. The maximum Gasteiger partial charge on any atom is 0.308 e. The fraction of sp³-hybridized carbons (Fsp3) is 0.286. The Morgan fingerprint density at radius 2 is 1.88 bits per heavy atom. The van der Waals surface area contributed by atoms with Crippen LogP contribution in [0.25, 0.3) is 16.3 Å². The Balaban J connectivity index is 1.74. The molecule has 1 aliphatic heterocycles. The van der Waals surface area contributed by atoms with Crippen molar-refractivity contribution in [1.29, 1.82) is 0 Å². The van der Waals surface area contributed by atoms with Crippen LogP contribution in [-0.4, -0.2) is 18.9 Å². The van der Waals surface area contributed by atoms with E-state index in [2.05, 4.69) is 59.4 Å². The van der Waals surface area contributed by atoms with Gasteiger partial charge in [0.1, 0.15) is 0 Å². The van der Waals surface area contributed by atoms with Crippen LogP contribution in [0.5, 0.6) is 11.5 Å². The van der Waals surface area contributed by atoms with Crippen LogP contribution in [0.15, 0.2) is 58.6 Å². The zero-order valence-corrected chi connectivity index (χ0v) is 21.2. The number of rotatable bonds is 3. The van der Waals surface area contributed by atoms with E-state index in [0.717, 1.165) is 45.2 Å². The van der Waals surface area contributed by atoms with Gasteiger partial charge in [-0.2, -0.15) is 0 Å². The van der Waals surface area contributed by atoms with Gasteiger partial charge in [0.05, 0.1) is 17.6 Å². The summed E-state index contributed by atoms with van der Waals surface area (Å²) in [7, 11) is 1.53. The van der Waals surface area contributed by atoms with Crippen LogP contribution < -0.4 is 14.8 Å². The van der Waals surface area contributed by atoms with E-state index < -0.39 is 5.97 Å². The van der Waals surface area contributed by atoms with Crippen molar-refractivity contribution in [2.24, 2.45) is 5.41 Å². The van der Waals surface area contributed by atoms with Gasteiger partial charge in [-0.3, -0.25) is 9.59 Å². The highest BCUT2D eigenvalue weighted by atomic mass is 79.9. The second kappa shape index (κ2) is 8.27. The molecule has 0 unspecified atom stereocenters. The summed E-state index contributed by atoms with van der Waals surface area (Å²) in [5.41, 5.74) is 4.77. The number of hydrogen-bond donors (Lipinski definition) is 1. The lowest BCUT2D eigenvalue weighted by molar-refractivity contribution is -0.132. The van der Waals surface area contributed by atoms with E-state index in [-0.39, 0.29) is 17.2 Å². The summed E-state index contributed by atoms with van der Waals surface area (Å²) in [6, 6.07) is 15.9. The first-order valence-electron chi connectivity index (χ1n) is 11.3. The van der Waals surface area contributed by atoms with Crippen LogP contribution >= 0.6 is 15.9 Å². The number of nitrogens with one attached hydrogen (secondary N) is 1. The number of carbonyl (C=O) groups is 2. The number of ether oxygens (including phenoxy) is 2. The van der Waals surface area contributed by atoms with Crippen molar-refractivity contribution in [1.82, 2.24) is 0 Å². The molecule has 6 heteroatoms. The molecule has 1 aliphatic carbocycles. The van der Waals surface area contributed by atoms with E-state index in [4.69, 9.17) is 9.47 Å². The number of ketones is 1. The molecular weight excluding hydrogens is 494 g/mol. The lowest BCUT2D eigenvalue weighted by atomic mass is 9.68. The molecule has 3 aromatic carbocycles. The number of methoxy groups -OCH3 is 1. The molecule has 0 bridgehead atoms. The van der Waals surface area contributed by atoms with E-state index in [1.165, 1.54) is 14.0 Å². The maximum atomic E-state index is 13.6. The molecule has 0 saturated carbocycles. The van der Waals surface area contributed by atoms with Crippen LogP contribution in [-0.2, 0) is 9.59 Å². The van der Waals surface area contributed by atoms with Crippen LogP contribution in [0.3, 0.4) is 0 Å². The number of allylic oxidation sites excluding steroid dienone is 1. The smallest absolute Gasteiger partial charge is 0.308 e. The Morgan fingerprint density at radius 1 is 1.12 bits per heavy atom. The van der Waals surface area contributed by atoms with Gasteiger partial charge in [-0.1, -0.05) is 44.2 Å². The highest BCUT2D eigenvalue weighted by Crippen LogP contribution is 2.53. The summed E-state index contributed by atoms with van der Waals surface area (Å²) in [6.45, 7) is 5.66. The van der Waals surface area contributed by atoms with E-state index >= 15 is 0 Å². The molecule has 5 nitrogen and oxygen atoms in total. The number of halogens is 1. The SMILES string of the molecule is COc1cc([C@H]2Nc3ccc4ccccc4c3C3=C2C(=O)CC(C)(C)C3)cc(Br)c1OC(C)=O. The Bertz CT molecular complexity index is 1390. The van der Waals surface area contributed by atoms with Crippen molar-refractivity contribution in [3.8, 4) is 11.5 Å². The third-order valence-electron chi connectivity index (χ3n) is 6.57. The molecule has 0 amide bonds. The Hall–Kier alpha value is -3.12. The van der Waals surface area contributed by atoms with E-state index in [9.17, 15) is 9.59 Å². The summed E-state index contributed by atoms with van der Waals surface area (Å²) in [5.74, 6) is 0.474. The number of fused-ring (bicyclic) bond motifs is 4. The quantitative estimate of drug-likeness (QED) is 0.303. The van der Waals surface area contributed by atoms with Crippen molar-refractivity contribution in [3.05, 3.63) is 69.7 Å². The molecular formula is C28H26BrNO4. The third kappa shape index (κ3) is 3.80. The lowest BCUT2D eigenvalue weighted by Gasteiger charge is -2.40. The van der Waals surface area contributed by atoms with Gasteiger partial charge in [-0.05, 0) is 67.9 Å². The fourth-order valence-corrected chi connectivity index (χ4v) is 5.78. The molecule has 0 aromatic heterocycles. The highest BCUT2D eigenvalue weighted by Gasteiger charge is 2.41. The molecule has 174 valence electrons. The van der Waals surface area contributed by atoms with E-state index in [0.29, 0.717) is 22.4 Å². The van der Waals surface area contributed by atoms with Gasteiger partial charge in [0.15, 0.2) is 17.3 Å². The summed E-state index contributed by atoms with van der Waals surface area (Å²) in [6.07, 6.45) is 1.31. The third-order valence-corrected chi connectivity index (χ3v) is 7.16. The number of hydrogen-bond acceptors (Lipinski definition) is 5. The molecule has 0 spiro atoms. The van der Waals surface area contributed by atoms with Crippen molar-refractivity contribution in [2.75, 3.05) is 12.4 Å². The number of benzene rings is 3. The molecule has 1 N–H and O–H groups in total. The Labute approximate surface area is 207 Å². The number of Topliss-reactive ketones (excluding diaryl/α,β-unsaturated/α-hetero) is 1. The number of anilines is 1. The van der Waals surface area contributed by atoms with Crippen molar-refractivity contribution < 1.29 is 19.1 Å². The molecule has 0 radical (unpaired) electrons. The minimum absolute atomic E-state index is 0.122. The monoisotopic (exact) mass is 519 g/mol. The highest BCUT2D eigenvalue weighted by molar-refractivity contribution is 9.10. The van der Waals surface area contributed by atoms with E-state index in [1.54, 1.807) is 0 Å². The average Bonchev–Trinajstić information content (AvgIpc) is 2.78. The van der Waals surface area contributed by atoms with Crippen LogP contribution in [0.1, 0.15) is 50.8 Å². The molecule has 2 aliphatic rings. The van der Waals surface area contributed by atoms with Crippen LogP contribution in [0.2, 0.25) is 0 Å². The summed E-state index contributed by atoms with van der Waals surface area (Å²) in [4.78, 5) is 25.2. The standard InChI is InChI=1S/C28H26BrNO4/c1-15(31)34-27-20(29)11-17(12-23(27)33-4)26-25-19(13-28(2,3)14-22(25)32)24-18-8-6-5-7-16(18)9-10-21(24)30-26/h5-12,26,30H,13-14H2,1-4H3/t26-/m1/s1. The van der Waals surface area contributed by atoms with Gasteiger partial charge < -0.3 is 14.8 Å². The zero-order chi connectivity index (χ0) is 24.2. The predicted octanol–water partition coefficient (Wildman–Crippen LogP) is 6.85. The van der Waals surface area contributed by atoms with Crippen LogP contribution in [0.4, 0.5) is 5.69 Å². The van der Waals surface area contributed by atoms with Gasteiger partial charge in [0.2, 0.25) is 0 Å². The first kappa shape index (κ1) is 22.7. The average molecular weight is 520 g/mol. The molecule has 34 heavy (non-hydrogen) atoms. The molecule has 1 atom stereocenters. The first-order chi connectivity index (χ1) is 16.2. The van der Waals surface area contributed by atoms with Gasteiger partial charge >= 0.3 is 5.97 Å². The molecule has 3 aromatic rings. The second-order valence-corrected chi connectivity index (χ2v) is 10.6. The number of esters is 1. The summed E-state index contributed by atoms with van der Waals surface area (Å²) < 4.78 is 11.5. The maximum absolute atomic E-state index is 13.6.